The minimum atomic E-state index is -1.37. The number of aryl methyl sites for hydroxylation is 2. The molecule has 0 heterocycles. The maximum Gasteiger partial charge on any atom is 0.342 e. The number of ether oxygens (including phenoxy) is 1. The van der Waals surface area contributed by atoms with E-state index >= 15 is 0 Å². The summed E-state index contributed by atoms with van der Waals surface area (Å²) in [5, 5.41) is 20.2. The number of hydrogen-bond donors (Lipinski definition) is 1. The molecule has 1 N–H and O–H groups in total. The summed E-state index contributed by atoms with van der Waals surface area (Å²) >= 11 is 0. The third-order valence-electron chi connectivity index (χ3n) is 2.98. The standard InChI is InChI=1S/C15H13NO5/c1-9-6-7-10(2)13(8-9)21-12-5-3-4-11(15(17)18)14(12)16(19)20/h3-8H,1-2H3,(H,17,18). The molecule has 6 nitrogen and oxygen atoms in total. The van der Waals surface area contributed by atoms with Gasteiger partial charge in [0.1, 0.15) is 11.3 Å². The molecule has 0 aliphatic heterocycles. The summed E-state index contributed by atoms with van der Waals surface area (Å²) < 4.78 is 5.57. The number of carboxylic acids is 1. The van der Waals surface area contributed by atoms with Crippen LogP contribution in [-0.2, 0) is 0 Å². The van der Waals surface area contributed by atoms with E-state index in [0.717, 1.165) is 11.1 Å². The number of benzene rings is 2. The molecule has 0 saturated heterocycles. The van der Waals surface area contributed by atoms with Gasteiger partial charge in [0, 0.05) is 0 Å². The number of para-hydroxylation sites is 1. The Kier molecular flexibility index (Phi) is 3.89. The van der Waals surface area contributed by atoms with E-state index in [1.54, 1.807) is 6.07 Å². The number of rotatable bonds is 4. The van der Waals surface area contributed by atoms with E-state index in [1.807, 2.05) is 26.0 Å². The van der Waals surface area contributed by atoms with Gasteiger partial charge in [0.05, 0.1) is 4.92 Å². The minimum Gasteiger partial charge on any atom is -0.477 e. The fourth-order valence-corrected chi connectivity index (χ4v) is 1.90. The van der Waals surface area contributed by atoms with Crippen molar-refractivity contribution in [2.45, 2.75) is 13.8 Å². The number of nitro benzene ring substituents is 1. The first kappa shape index (κ1) is 14.5. The first-order valence-electron chi connectivity index (χ1n) is 6.16. The molecule has 6 heteroatoms. The van der Waals surface area contributed by atoms with Gasteiger partial charge in [-0.3, -0.25) is 10.1 Å². The van der Waals surface area contributed by atoms with E-state index in [2.05, 4.69) is 0 Å². The lowest BCUT2D eigenvalue weighted by molar-refractivity contribution is -0.386. The molecule has 108 valence electrons. The highest BCUT2D eigenvalue weighted by atomic mass is 16.6. The second kappa shape index (κ2) is 5.62. The van der Waals surface area contributed by atoms with Gasteiger partial charge in [-0.25, -0.2) is 4.79 Å². The van der Waals surface area contributed by atoms with Crippen LogP contribution in [0.2, 0.25) is 0 Å². The van der Waals surface area contributed by atoms with Gasteiger partial charge in [-0.15, -0.1) is 0 Å². The van der Waals surface area contributed by atoms with Crippen molar-refractivity contribution in [2.24, 2.45) is 0 Å². The van der Waals surface area contributed by atoms with Crippen LogP contribution in [0.15, 0.2) is 36.4 Å². The van der Waals surface area contributed by atoms with Crippen LogP contribution in [0.1, 0.15) is 21.5 Å². The van der Waals surface area contributed by atoms with E-state index in [1.165, 1.54) is 18.2 Å². The van der Waals surface area contributed by atoms with Crippen LogP contribution in [0.4, 0.5) is 5.69 Å². The SMILES string of the molecule is Cc1ccc(C)c(Oc2cccc(C(=O)O)c2[N+](=O)[O-])c1. The Hall–Kier alpha value is -2.89. The topological polar surface area (TPSA) is 89.7 Å². The highest BCUT2D eigenvalue weighted by molar-refractivity contribution is 5.93. The number of nitro groups is 1. The Morgan fingerprint density at radius 2 is 1.90 bits per heavy atom. The van der Waals surface area contributed by atoms with E-state index < -0.39 is 22.1 Å². The molecule has 21 heavy (non-hydrogen) atoms. The molecule has 2 aromatic rings. The molecular weight excluding hydrogens is 274 g/mol. The molecule has 0 unspecified atom stereocenters. The lowest BCUT2D eigenvalue weighted by atomic mass is 10.1. The first-order chi connectivity index (χ1) is 9.90. The van der Waals surface area contributed by atoms with Gasteiger partial charge in [0.25, 0.3) is 0 Å². The van der Waals surface area contributed by atoms with Crippen LogP contribution in [0.5, 0.6) is 11.5 Å². The zero-order valence-electron chi connectivity index (χ0n) is 11.5. The summed E-state index contributed by atoms with van der Waals surface area (Å²) in [7, 11) is 0. The first-order valence-corrected chi connectivity index (χ1v) is 6.16. The smallest absolute Gasteiger partial charge is 0.342 e. The van der Waals surface area contributed by atoms with Crippen LogP contribution in [0, 0.1) is 24.0 Å². The minimum absolute atomic E-state index is 0.0893. The predicted octanol–water partition coefficient (Wildman–Crippen LogP) is 3.70. The fraction of sp³-hybridized carbons (Fsp3) is 0.133. The van der Waals surface area contributed by atoms with Crippen molar-refractivity contribution in [1.29, 1.82) is 0 Å². The van der Waals surface area contributed by atoms with Crippen molar-refractivity contribution >= 4 is 11.7 Å². The van der Waals surface area contributed by atoms with Crippen molar-refractivity contribution < 1.29 is 19.6 Å². The van der Waals surface area contributed by atoms with Crippen molar-refractivity contribution in [3.05, 3.63) is 63.2 Å². The number of hydrogen-bond acceptors (Lipinski definition) is 4. The summed E-state index contributed by atoms with van der Waals surface area (Å²) in [6, 6.07) is 9.44. The van der Waals surface area contributed by atoms with Gasteiger partial charge >= 0.3 is 11.7 Å². The van der Waals surface area contributed by atoms with Crippen molar-refractivity contribution in [3.63, 3.8) is 0 Å². The van der Waals surface area contributed by atoms with Gasteiger partial charge in [0.15, 0.2) is 0 Å². The van der Waals surface area contributed by atoms with Gasteiger partial charge in [-0.1, -0.05) is 18.2 Å². The Morgan fingerprint density at radius 1 is 1.19 bits per heavy atom. The molecular formula is C15H13NO5. The van der Waals surface area contributed by atoms with Gasteiger partial charge in [0.2, 0.25) is 5.75 Å². The van der Waals surface area contributed by atoms with Crippen LogP contribution < -0.4 is 4.74 Å². The molecule has 0 radical (unpaired) electrons. The summed E-state index contributed by atoms with van der Waals surface area (Å²) in [5.74, 6) is -0.998. The summed E-state index contributed by atoms with van der Waals surface area (Å²) in [6.45, 7) is 3.68. The van der Waals surface area contributed by atoms with E-state index in [0.29, 0.717) is 5.75 Å². The van der Waals surface area contributed by atoms with Crippen LogP contribution in [0.3, 0.4) is 0 Å². The van der Waals surface area contributed by atoms with E-state index in [4.69, 9.17) is 9.84 Å². The largest absolute Gasteiger partial charge is 0.477 e. The monoisotopic (exact) mass is 287 g/mol. The third-order valence-corrected chi connectivity index (χ3v) is 2.98. The van der Waals surface area contributed by atoms with Gasteiger partial charge < -0.3 is 9.84 Å². The predicted molar refractivity (Wildman–Crippen MR) is 76.0 cm³/mol. The molecule has 0 atom stereocenters. The maximum absolute atomic E-state index is 11.2. The number of aromatic carboxylic acids is 1. The van der Waals surface area contributed by atoms with E-state index in [-0.39, 0.29) is 5.75 Å². The Bertz CT molecular complexity index is 724. The molecule has 0 fully saturated rings. The van der Waals surface area contributed by atoms with Gasteiger partial charge in [-0.05, 0) is 43.2 Å². The number of carboxylic acid groups (broad SMARTS) is 1. The Labute approximate surface area is 120 Å². The molecule has 2 rings (SSSR count). The molecule has 2 aromatic carbocycles. The van der Waals surface area contributed by atoms with Crippen molar-refractivity contribution in [3.8, 4) is 11.5 Å². The van der Waals surface area contributed by atoms with Gasteiger partial charge in [-0.2, -0.15) is 0 Å². The quantitative estimate of drug-likeness (QED) is 0.684. The normalized spacial score (nSPS) is 10.2. The highest BCUT2D eigenvalue weighted by Gasteiger charge is 2.26. The maximum atomic E-state index is 11.2. The summed E-state index contributed by atoms with van der Waals surface area (Å²) in [4.78, 5) is 21.5. The van der Waals surface area contributed by atoms with E-state index in [9.17, 15) is 14.9 Å². The molecule has 0 bridgehead atoms. The molecule has 0 spiro atoms. The average Bonchev–Trinajstić information content (AvgIpc) is 2.42. The summed E-state index contributed by atoms with van der Waals surface area (Å²) in [6.07, 6.45) is 0. The van der Waals surface area contributed by atoms with Crippen LogP contribution >= 0.6 is 0 Å². The molecule has 0 aromatic heterocycles. The lowest BCUT2D eigenvalue weighted by Gasteiger charge is -2.10. The average molecular weight is 287 g/mol. The number of carbonyl (C=O) groups is 1. The molecule has 0 amide bonds. The fourth-order valence-electron chi connectivity index (χ4n) is 1.90. The third kappa shape index (κ3) is 3.00. The Balaban J connectivity index is 2.54. The second-order valence-corrected chi connectivity index (χ2v) is 4.59. The molecule has 0 aliphatic rings. The zero-order chi connectivity index (χ0) is 15.6. The molecule has 0 saturated carbocycles. The second-order valence-electron chi connectivity index (χ2n) is 4.59. The highest BCUT2D eigenvalue weighted by Crippen LogP contribution is 2.35. The van der Waals surface area contributed by atoms with Crippen LogP contribution in [-0.4, -0.2) is 16.0 Å². The van der Waals surface area contributed by atoms with Crippen molar-refractivity contribution in [2.75, 3.05) is 0 Å². The zero-order valence-corrected chi connectivity index (χ0v) is 11.5. The Morgan fingerprint density at radius 3 is 2.52 bits per heavy atom. The van der Waals surface area contributed by atoms with Crippen molar-refractivity contribution in [1.82, 2.24) is 0 Å². The lowest BCUT2D eigenvalue weighted by Crippen LogP contribution is -2.04. The van der Waals surface area contributed by atoms with Crippen LogP contribution in [0.25, 0.3) is 0 Å². The summed E-state index contributed by atoms with van der Waals surface area (Å²) in [5.41, 5.74) is 0.789. The number of nitrogens with zero attached hydrogens (tertiary/aromatic N) is 1. The molecule has 0 aliphatic carbocycles.